The molecule has 2 heterocycles. The number of aliphatic hydroxyl groups is 5. The molecule has 0 spiro atoms. The zero-order valence-corrected chi connectivity index (χ0v) is 17.6. The molecule has 1 unspecified atom stereocenters. The third kappa shape index (κ3) is 4.64. The van der Waals surface area contributed by atoms with E-state index < -0.39 is 54.5 Å². The number of aliphatic hydroxyl groups excluding tert-OH is 4. The first-order chi connectivity index (χ1) is 16.2. The molecule has 0 saturated carbocycles. The first-order valence-electron chi connectivity index (χ1n) is 10.3. The van der Waals surface area contributed by atoms with Crippen LogP contribution in [-0.4, -0.2) is 77.6 Å². The highest BCUT2D eigenvalue weighted by Crippen LogP contribution is 2.35. The van der Waals surface area contributed by atoms with Gasteiger partial charge in [0.05, 0.1) is 13.2 Å². The summed E-state index contributed by atoms with van der Waals surface area (Å²) in [6, 6.07) is 8.40. The second-order valence-corrected chi connectivity index (χ2v) is 7.92. The molecule has 1 fully saturated rings. The first-order valence-corrected chi connectivity index (χ1v) is 10.3. The monoisotopic (exact) mass is 479 g/mol. The minimum atomic E-state index is -1.97. The molecule has 1 saturated heterocycles. The van der Waals surface area contributed by atoms with Crippen LogP contribution in [0.1, 0.15) is 11.1 Å². The van der Waals surface area contributed by atoms with E-state index in [1.54, 1.807) is 0 Å². The molecule has 4 rings (SSSR count). The Morgan fingerprint density at radius 2 is 1.76 bits per heavy atom. The third-order valence-corrected chi connectivity index (χ3v) is 5.67. The lowest BCUT2D eigenvalue weighted by Gasteiger charge is -2.39. The number of hydrogen-bond donors (Lipinski definition) is 5. The first kappa shape index (κ1) is 24.1. The van der Waals surface area contributed by atoms with Gasteiger partial charge in [-0.1, -0.05) is 12.1 Å². The van der Waals surface area contributed by atoms with Crippen molar-refractivity contribution in [3.05, 3.63) is 77.9 Å². The molecule has 1 aliphatic rings. The number of rotatable bonds is 7. The summed E-state index contributed by atoms with van der Waals surface area (Å²) >= 11 is 0. The van der Waals surface area contributed by atoms with Crippen LogP contribution in [0.5, 0.6) is 5.75 Å². The molecule has 182 valence electrons. The van der Waals surface area contributed by atoms with Crippen LogP contribution in [0.2, 0.25) is 0 Å². The highest BCUT2D eigenvalue weighted by molar-refractivity contribution is 5.40. The highest BCUT2D eigenvalue weighted by atomic mass is 19.1. The summed E-state index contributed by atoms with van der Waals surface area (Å²) < 4.78 is 40.7. The molecule has 12 heteroatoms. The van der Waals surface area contributed by atoms with Crippen LogP contribution in [0.4, 0.5) is 8.78 Å². The summed E-state index contributed by atoms with van der Waals surface area (Å²) in [6.45, 7) is -0.881. The van der Waals surface area contributed by atoms with Crippen molar-refractivity contribution in [1.82, 2.24) is 14.8 Å². The smallest absolute Gasteiger partial charge is 0.229 e. The van der Waals surface area contributed by atoms with Gasteiger partial charge < -0.3 is 35.0 Å². The maximum atomic E-state index is 15.3. The number of benzene rings is 2. The lowest BCUT2D eigenvalue weighted by Crippen LogP contribution is -2.60. The summed E-state index contributed by atoms with van der Waals surface area (Å²) in [4.78, 5) is 3.81. The Hall–Kier alpha value is -3.00. The number of ether oxygens (including phenoxy) is 2. The highest BCUT2D eigenvalue weighted by Gasteiger charge is 2.45. The van der Waals surface area contributed by atoms with Gasteiger partial charge in [0.25, 0.3) is 0 Å². The molecular formula is C22H23F2N3O7. The average Bonchev–Trinajstić information content (AvgIpc) is 3.32. The molecule has 10 nitrogen and oxygen atoms in total. The zero-order chi connectivity index (χ0) is 24.5. The number of aromatic nitrogens is 3. The summed E-state index contributed by atoms with van der Waals surface area (Å²) in [5.74, 6) is -1.54. The van der Waals surface area contributed by atoms with E-state index in [0.717, 1.165) is 18.2 Å². The lowest BCUT2D eigenvalue weighted by atomic mass is 9.85. The Balaban J connectivity index is 1.64. The van der Waals surface area contributed by atoms with Crippen LogP contribution >= 0.6 is 0 Å². The van der Waals surface area contributed by atoms with Crippen molar-refractivity contribution in [1.29, 1.82) is 0 Å². The summed E-state index contributed by atoms with van der Waals surface area (Å²) in [5, 5.41) is 54.7. The lowest BCUT2D eigenvalue weighted by molar-refractivity contribution is -0.277. The minimum absolute atomic E-state index is 0.118. The van der Waals surface area contributed by atoms with Gasteiger partial charge in [-0.2, -0.15) is 5.10 Å². The third-order valence-electron chi connectivity index (χ3n) is 5.67. The molecule has 0 radical (unpaired) electrons. The Morgan fingerprint density at radius 1 is 1.03 bits per heavy atom. The predicted octanol–water partition coefficient (Wildman–Crippen LogP) is -0.329. The fourth-order valence-electron chi connectivity index (χ4n) is 3.81. The van der Waals surface area contributed by atoms with Gasteiger partial charge in [-0.3, -0.25) is 0 Å². The standard InChI is InChI=1S/C22H23F2N3O7/c23-13-3-1-12(2-4-13)22(32,9-27-11-25-10-26-27)15-6-5-14(7-16(15)24)33-21-20(31)19(30)18(29)17(8-28)34-21/h1-7,10-11,17-21,28-32H,8-9H2/t17-,18-,19+,20-,21-,22?/m1/s1. The van der Waals surface area contributed by atoms with Crippen LogP contribution in [0, 0.1) is 11.6 Å². The molecule has 0 amide bonds. The van der Waals surface area contributed by atoms with Crippen LogP contribution in [0.25, 0.3) is 0 Å². The van der Waals surface area contributed by atoms with Crippen molar-refractivity contribution in [3.63, 3.8) is 0 Å². The van der Waals surface area contributed by atoms with Gasteiger partial charge in [-0.15, -0.1) is 0 Å². The van der Waals surface area contributed by atoms with Gasteiger partial charge in [0, 0.05) is 11.6 Å². The van der Waals surface area contributed by atoms with Gasteiger partial charge in [0.15, 0.2) is 0 Å². The fraction of sp³-hybridized carbons (Fsp3) is 0.364. The molecule has 5 N–H and O–H groups in total. The van der Waals surface area contributed by atoms with E-state index >= 15 is 4.39 Å². The van der Waals surface area contributed by atoms with Crippen molar-refractivity contribution in [2.45, 2.75) is 42.9 Å². The van der Waals surface area contributed by atoms with Gasteiger partial charge in [0.2, 0.25) is 6.29 Å². The quantitative estimate of drug-likeness (QED) is 0.307. The van der Waals surface area contributed by atoms with Crippen molar-refractivity contribution in [2.24, 2.45) is 0 Å². The normalized spacial score (nSPS) is 26.7. The number of nitrogens with zero attached hydrogens (tertiary/aromatic N) is 3. The maximum absolute atomic E-state index is 15.3. The largest absolute Gasteiger partial charge is 0.462 e. The molecule has 0 bridgehead atoms. The Bertz CT molecular complexity index is 1100. The molecule has 0 aliphatic carbocycles. The van der Waals surface area contributed by atoms with E-state index in [9.17, 15) is 29.9 Å². The molecule has 2 aromatic carbocycles. The topological polar surface area (TPSA) is 150 Å². The van der Waals surface area contributed by atoms with Crippen LogP contribution in [0.3, 0.4) is 0 Å². The van der Waals surface area contributed by atoms with Gasteiger partial charge >= 0.3 is 0 Å². The van der Waals surface area contributed by atoms with Crippen molar-refractivity contribution in [2.75, 3.05) is 6.61 Å². The maximum Gasteiger partial charge on any atom is 0.229 e. The van der Waals surface area contributed by atoms with Gasteiger partial charge in [0.1, 0.15) is 60.1 Å². The van der Waals surface area contributed by atoms with E-state index in [1.807, 2.05) is 0 Å². The van der Waals surface area contributed by atoms with E-state index in [2.05, 4.69) is 10.1 Å². The SMILES string of the molecule is OC[C@H]1O[C@@H](Oc2ccc(C(O)(Cn3cncn3)c3ccc(F)cc3)c(F)c2)[C@H](O)[C@@H](O)[C@@H]1O. The summed E-state index contributed by atoms with van der Waals surface area (Å²) in [5.41, 5.74) is -1.94. The van der Waals surface area contributed by atoms with E-state index in [1.165, 1.54) is 41.6 Å². The Morgan fingerprint density at radius 3 is 2.38 bits per heavy atom. The zero-order valence-electron chi connectivity index (χ0n) is 17.6. The summed E-state index contributed by atoms with van der Waals surface area (Å²) in [7, 11) is 0. The van der Waals surface area contributed by atoms with E-state index in [-0.39, 0.29) is 23.4 Å². The number of hydrogen-bond acceptors (Lipinski definition) is 9. The second kappa shape index (κ2) is 9.70. The Kier molecular flexibility index (Phi) is 6.89. The van der Waals surface area contributed by atoms with Gasteiger partial charge in [-0.25, -0.2) is 18.4 Å². The summed E-state index contributed by atoms with van der Waals surface area (Å²) in [6.07, 6.45) is -5.02. The van der Waals surface area contributed by atoms with Crippen molar-refractivity contribution in [3.8, 4) is 5.75 Å². The van der Waals surface area contributed by atoms with Crippen LogP contribution < -0.4 is 4.74 Å². The van der Waals surface area contributed by atoms with Gasteiger partial charge in [-0.05, 0) is 29.8 Å². The molecule has 1 aromatic heterocycles. The molecule has 3 aromatic rings. The average molecular weight is 479 g/mol. The van der Waals surface area contributed by atoms with Crippen LogP contribution in [0.15, 0.2) is 55.1 Å². The molecule has 1 aliphatic heterocycles. The molecule has 34 heavy (non-hydrogen) atoms. The van der Waals surface area contributed by atoms with E-state index in [4.69, 9.17) is 9.47 Å². The fourth-order valence-corrected chi connectivity index (χ4v) is 3.81. The van der Waals surface area contributed by atoms with Crippen LogP contribution in [-0.2, 0) is 16.9 Å². The van der Waals surface area contributed by atoms with Crippen molar-refractivity contribution >= 4 is 0 Å². The number of halogens is 2. The molecule has 6 atom stereocenters. The predicted molar refractivity (Wildman–Crippen MR) is 110 cm³/mol. The van der Waals surface area contributed by atoms with Crippen molar-refractivity contribution < 1.29 is 43.8 Å². The minimum Gasteiger partial charge on any atom is -0.462 e. The van der Waals surface area contributed by atoms with E-state index in [0.29, 0.717) is 0 Å². The second-order valence-electron chi connectivity index (χ2n) is 7.92. The molecular weight excluding hydrogens is 456 g/mol. The Labute approximate surface area is 192 Å².